The van der Waals surface area contributed by atoms with Crippen LogP contribution in [0, 0.1) is 0 Å². The van der Waals surface area contributed by atoms with Gasteiger partial charge < -0.3 is 4.84 Å². The highest BCUT2D eigenvalue weighted by Gasteiger charge is 2.15. The number of alkyl halides is 2. The minimum Gasteiger partial charge on any atom is -0.390 e. The molecule has 3 rings (SSSR count). The van der Waals surface area contributed by atoms with E-state index in [-0.39, 0.29) is 12.2 Å². The molecule has 1 fully saturated rings. The molecule has 0 bridgehead atoms. The Balaban J connectivity index is 1.53. The summed E-state index contributed by atoms with van der Waals surface area (Å²) in [5.41, 5.74) is 3.06. The van der Waals surface area contributed by atoms with E-state index in [4.69, 9.17) is 4.84 Å². The largest absolute Gasteiger partial charge is 0.390 e. The van der Waals surface area contributed by atoms with Gasteiger partial charge in [0.15, 0.2) is 0 Å². The van der Waals surface area contributed by atoms with Gasteiger partial charge >= 0.3 is 0 Å². The van der Waals surface area contributed by atoms with Crippen molar-refractivity contribution in [3.63, 3.8) is 0 Å². The zero-order chi connectivity index (χ0) is 17.5. The van der Waals surface area contributed by atoms with Crippen LogP contribution in [0.15, 0.2) is 53.7 Å². The van der Waals surface area contributed by atoms with Gasteiger partial charge in [0.1, 0.15) is 12.8 Å². The van der Waals surface area contributed by atoms with Gasteiger partial charge in [0.2, 0.25) is 0 Å². The molecule has 0 N–H and O–H groups in total. The molecule has 1 saturated carbocycles. The van der Waals surface area contributed by atoms with E-state index in [1.807, 2.05) is 12.1 Å². The van der Waals surface area contributed by atoms with Gasteiger partial charge in [-0.1, -0.05) is 66.9 Å². The third-order valence-electron chi connectivity index (χ3n) is 4.67. The van der Waals surface area contributed by atoms with Crippen molar-refractivity contribution in [1.82, 2.24) is 0 Å². The van der Waals surface area contributed by atoms with Crippen molar-refractivity contribution < 1.29 is 13.6 Å². The van der Waals surface area contributed by atoms with Crippen LogP contribution < -0.4 is 0 Å². The number of halogens is 2. The number of hydrogen-bond acceptors (Lipinski definition) is 2. The van der Waals surface area contributed by atoms with Crippen LogP contribution in [0.5, 0.6) is 0 Å². The summed E-state index contributed by atoms with van der Waals surface area (Å²) in [6, 6.07) is 14.4. The molecule has 25 heavy (non-hydrogen) atoms. The zero-order valence-electron chi connectivity index (χ0n) is 14.1. The molecular formula is C21H22F2NO. The lowest BCUT2D eigenvalue weighted by Crippen LogP contribution is -2.04. The lowest BCUT2D eigenvalue weighted by molar-refractivity contribution is 0.131. The van der Waals surface area contributed by atoms with Crippen LogP contribution >= 0.6 is 0 Å². The molecule has 4 heteroatoms. The van der Waals surface area contributed by atoms with Crippen LogP contribution in [0.25, 0.3) is 0 Å². The molecule has 1 aliphatic rings. The lowest BCUT2D eigenvalue weighted by atomic mass is 9.84. The van der Waals surface area contributed by atoms with Crippen LogP contribution in [-0.2, 0) is 11.4 Å². The van der Waals surface area contributed by atoms with Gasteiger partial charge in [-0.15, -0.1) is 0 Å². The van der Waals surface area contributed by atoms with Gasteiger partial charge in [0.25, 0.3) is 6.43 Å². The number of rotatable bonds is 6. The van der Waals surface area contributed by atoms with E-state index < -0.39 is 6.43 Å². The first-order valence-corrected chi connectivity index (χ1v) is 8.77. The maximum Gasteiger partial charge on any atom is 0.263 e. The Labute approximate surface area is 147 Å². The minimum atomic E-state index is -2.45. The fourth-order valence-electron chi connectivity index (χ4n) is 3.25. The summed E-state index contributed by atoms with van der Waals surface area (Å²) in [5, 5.41) is 3.88. The second-order valence-corrected chi connectivity index (χ2v) is 6.48. The molecule has 2 aromatic rings. The van der Waals surface area contributed by atoms with E-state index in [0.717, 1.165) is 11.1 Å². The van der Waals surface area contributed by atoms with Crippen molar-refractivity contribution >= 4 is 6.21 Å². The molecule has 1 aliphatic carbocycles. The zero-order valence-corrected chi connectivity index (χ0v) is 14.1. The Morgan fingerprint density at radius 3 is 2.52 bits per heavy atom. The highest BCUT2D eigenvalue weighted by atomic mass is 19.3. The molecule has 0 amide bonds. The Morgan fingerprint density at radius 2 is 1.80 bits per heavy atom. The van der Waals surface area contributed by atoms with Crippen molar-refractivity contribution in [2.45, 2.75) is 51.1 Å². The maximum absolute atomic E-state index is 12.5. The quantitative estimate of drug-likeness (QED) is 0.459. The monoisotopic (exact) mass is 342 g/mol. The van der Waals surface area contributed by atoms with Gasteiger partial charge in [-0.3, -0.25) is 0 Å². The molecule has 2 nitrogen and oxygen atoms in total. The smallest absolute Gasteiger partial charge is 0.263 e. The van der Waals surface area contributed by atoms with E-state index >= 15 is 0 Å². The highest BCUT2D eigenvalue weighted by molar-refractivity contribution is 5.79. The van der Waals surface area contributed by atoms with E-state index in [1.165, 1.54) is 49.8 Å². The van der Waals surface area contributed by atoms with Crippen molar-refractivity contribution in [2.75, 3.05) is 0 Å². The van der Waals surface area contributed by atoms with Crippen LogP contribution in [0.1, 0.15) is 66.7 Å². The van der Waals surface area contributed by atoms with Crippen molar-refractivity contribution in [3.8, 4) is 0 Å². The Kier molecular flexibility index (Phi) is 6.15. The fourth-order valence-corrected chi connectivity index (χ4v) is 3.25. The second-order valence-electron chi connectivity index (χ2n) is 6.48. The van der Waals surface area contributed by atoms with Crippen molar-refractivity contribution in [1.29, 1.82) is 0 Å². The summed E-state index contributed by atoms with van der Waals surface area (Å²) in [7, 11) is 0. The van der Waals surface area contributed by atoms with E-state index in [1.54, 1.807) is 12.1 Å². The summed E-state index contributed by atoms with van der Waals surface area (Å²) in [6.45, 7) is 0.235. The number of benzene rings is 2. The van der Waals surface area contributed by atoms with Gasteiger partial charge in [0, 0.05) is 11.1 Å². The summed E-state index contributed by atoms with van der Waals surface area (Å²) in [5.74, 6) is 0.643. The summed E-state index contributed by atoms with van der Waals surface area (Å²) in [6.07, 6.45) is 6.93. The first-order chi connectivity index (χ1) is 12.2. The Morgan fingerprint density at radius 1 is 1.04 bits per heavy atom. The van der Waals surface area contributed by atoms with Gasteiger partial charge in [-0.2, -0.15) is 0 Å². The topological polar surface area (TPSA) is 21.6 Å². The van der Waals surface area contributed by atoms with Gasteiger partial charge in [0.05, 0.1) is 0 Å². The third kappa shape index (κ3) is 5.12. The summed E-state index contributed by atoms with van der Waals surface area (Å²) < 4.78 is 25.0. The van der Waals surface area contributed by atoms with E-state index in [9.17, 15) is 8.78 Å². The molecule has 0 aromatic heterocycles. The molecule has 2 aromatic carbocycles. The van der Waals surface area contributed by atoms with Crippen molar-refractivity contribution in [3.05, 3.63) is 70.8 Å². The van der Waals surface area contributed by atoms with Crippen LogP contribution in [-0.4, -0.2) is 6.21 Å². The van der Waals surface area contributed by atoms with E-state index in [0.29, 0.717) is 5.92 Å². The molecule has 0 unspecified atom stereocenters. The predicted molar refractivity (Wildman–Crippen MR) is 95.0 cm³/mol. The standard InChI is InChI=1S/C21H22F2NO/c22-21(23)19-11-9-16(10-12-19)15-25-24-14-17-5-4-8-20(13-17)18-6-2-1-3-7-18/h4-5,8-13,18,21H,1-3,6-7,15H2. The molecule has 0 atom stereocenters. The van der Waals surface area contributed by atoms with Crippen LogP contribution in [0.3, 0.4) is 0 Å². The SMILES string of the molecule is FC(F)c1ccc(CO/N=[C]\c2cccc(C3CCCCC3)c2)cc1. The average Bonchev–Trinajstić information content (AvgIpc) is 2.66. The molecular weight excluding hydrogens is 320 g/mol. The maximum atomic E-state index is 12.5. The molecule has 1 radical (unpaired) electrons. The van der Waals surface area contributed by atoms with Crippen LogP contribution in [0.2, 0.25) is 0 Å². The second kappa shape index (κ2) is 8.75. The number of nitrogens with zero attached hydrogens (tertiary/aromatic N) is 1. The first kappa shape index (κ1) is 17.6. The normalized spacial score (nSPS) is 15.8. The van der Waals surface area contributed by atoms with Gasteiger partial charge in [-0.25, -0.2) is 8.78 Å². The Hall–Kier alpha value is -2.23. The van der Waals surface area contributed by atoms with E-state index in [2.05, 4.69) is 23.5 Å². The third-order valence-corrected chi connectivity index (χ3v) is 4.67. The van der Waals surface area contributed by atoms with Crippen LogP contribution in [0.4, 0.5) is 8.78 Å². The minimum absolute atomic E-state index is 0.0124. The first-order valence-electron chi connectivity index (χ1n) is 8.77. The lowest BCUT2D eigenvalue weighted by Gasteiger charge is -2.22. The Bertz CT molecular complexity index is 691. The fraction of sp³-hybridized carbons (Fsp3) is 0.381. The average molecular weight is 342 g/mol. The summed E-state index contributed by atoms with van der Waals surface area (Å²) in [4.78, 5) is 5.24. The molecule has 0 aliphatic heterocycles. The number of hydrogen-bond donors (Lipinski definition) is 0. The predicted octanol–water partition coefficient (Wildman–Crippen LogP) is 6.10. The molecule has 0 saturated heterocycles. The van der Waals surface area contributed by atoms with Gasteiger partial charge in [-0.05, 0) is 36.0 Å². The molecule has 0 heterocycles. The molecule has 131 valence electrons. The highest BCUT2D eigenvalue weighted by Crippen LogP contribution is 2.32. The van der Waals surface area contributed by atoms with Crippen molar-refractivity contribution in [2.24, 2.45) is 5.16 Å². The molecule has 0 spiro atoms. The summed E-state index contributed by atoms with van der Waals surface area (Å²) >= 11 is 0.